The Balaban J connectivity index is 1.21. The van der Waals surface area contributed by atoms with Crippen LogP contribution in [-0.2, 0) is 19.3 Å². The Morgan fingerprint density at radius 2 is 1.90 bits per heavy atom. The molecule has 1 amide bonds. The Labute approximate surface area is 189 Å². The van der Waals surface area contributed by atoms with E-state index in [0.717, 1.165) is 87.5 Å². The monoisotopic (exact) mass is 439 g/mol. The largest absolute Gasteiger partial charge is 0.338 e. The Morgan fingerprint density at radius 1 is 1.10 bits per heavy atom. The lowest BCUT2D eigenvalue weighted by molar-refractivity contribution is 0.0768. The quantitative estimate of drug-likeness (QED) is 0.715. The number of carbonyl (C=O) groups excluding carboxylic acids is 1. The SMILES string of the molecule is CCCc1ccc(C(=O)N2CCc3cnc(N4CCN(C5CCC5)CC4)nc3CC2)s1. The molecule has 4 heterocycles. The minimum Gasteiger partial charge on any atom is -0.338 e. The summed E-state index contributed by atoms with van der Waals surface area (Å²) in [6, 6.07) is 4.92. The normalized spacial score (nSPS) is 20.3. The molecular weight excluding hydrogens is 406 g/mol. The van der Waals surface area contributed by atoms with Crippen LogP contribution in [0.25, 0.3) is 0 Å². The lowest BCUT2D eigenvalue weighted by Crippen LogP contribution is -2.52. The van der Waals surface area contributed by atoms with E-state index in [4.69, 9.17) is 9.97 Å². The van der Waals surface area contributed by atoms with Crippen molar-refractivity contribution in [1.29, 1.82) is 0 Å². The van der Waals surface area contributed by atoms with Crippen molar-refractivity contribution in [3.05, 3.63) is 39.3 Å². The van der Waals surface area contributed by atoms with Crippen molar-refractivity contribution >= 4 is 23.2 Å². The van der Waals surface area contributed by atoms with Crippen LogP contribution in [0, 0.1) is 0 Å². The highest BCUT2D eigenvalue weighted by Gasteiger charge is 2.29. The van der Waals surface area contributed by atoms with Gasteiger partial charge in [-0.1, -0.05) is 19.8 Å². The second-order valence-corrected chi connectivity index (χ2v) is 10.2. The van der Waals surface area contributed by atoms with E-state index >= 15 is 0 Å². The predicted molar refractivity (Wildman–Crippen MR) is 125 cm³/mol. The fraction of sp³-hybridized carbons (Fsp3) is 0.625. The summed E-state index contributed by atoms with van der Waals surface area (Å²) in [4.78, 5) is 31.9. The van der Waals surface area contributed by atoms with E-state index in [-0.39, 0.29) is 5.91 Å². The van der Waals surface area contributed by atoms with Gasteiger partial charge in [-0.3, -0.25) is 9.69 Å². The zero-order chi connectivity index (χ0) is 21.2. The summed E-state index contributed by atoms with van der Waals surface area (Å²) >= 11 is 1.65. The molecule has 0 bridgehead atoms. The number of fused-ring (bicyclic) bond motifs is 1. The lowest BCUT2D eigenvalue weighted by atomic mass is 9.91. The van der Waals surface area contributed by atoms with Gasteiger partial charge in [-0.25, -0.2) is 9.97 Å². The van der Waals surface area contributed by atoms with E-state index < -0.39 is 0 Å². The lowest BCUT2D eigenvalue weighted by Gasteiger charge is -2.43. The molecule has 0 unspecified atom stereocenters. The Bertz CT molecular complexity index is 916. The average molecular weight is 440 g/mol. The molecule has 0 radical (unpaired) electrons. The smallest absolute Gasteiger partial charge is 0.263 e. The summed E-state index contributed by atoms with van der Waals surface area (Å²) in [7, 11) is 0. The number of hydrogen-bond acceptors (Lipinski definition) is 6. The maximum Gasteiger partial charge on any atom is 0.263 e. The molecule has 2 fully saturated rings. The van der Waals surface area contributed by atoms with E-state index in [1.54, 1.807) is 11.3 Å². The molecule has 3 aliphatic rings. The van der Waals surface area contributed by atoms with Gasteiger partial charge in [0.1, 0.15) is 0 Å². The van der Waals surface area contributed by atoms with Gasteiger partial charge in [-0.05, 0) is 43.4 Å². The topological polar surface area (TPSA) is 52.6 Å². The average Bonchev–Trinajstić information content (AvgIpc) is 3.11. The van der Waals surface area contributed by atoms with Crippen LogP contribution in [0.2, 0.25) is 0 Å². The number of nitrogens with zero attached hydrogens (tertiary/aromatic N) is 5. The molecule has 2 aromatic heterocycles. The van der Waals surface area contributed by atoms with Crippen molar-refractivity contribution in [2.24, 2.45) is 0 Å². The van der Waals surface area contributed by atoms with Crippen LogP contribution in [-0.4, -0.2) is 71.0 Å². The van der Waals surface area contributed by atoms with Crippen LogP contribution in [0.1, 0.15) is 58.4 Å². The Hall–Kier alpha value is -1.99. The molecule has 0 aromatic carbocycles. The Kier molecular flexibility index (Phi) is 6.23. The molecule has 5 rings (SSSR count). The first kappa shape index (κ1) is 20.9. The Morgan fingerprint density at radius 3 is 2.65 bits per heavy atom. The number of carbonyl (C=O) groups is 1. The molecule has 0 atom stereocenters. The summed E-state index contributed by atoms with van der Waals surface area (Å²) in [5.41, 5.74) is 2.32. The molecule has 0 spiro atoms. The van der Waals surface area contributed by atoms with E-state index in [1.807, 2.05) is 17.2 Å². The van der Waals surface area contributed by atoms with Gasteiger partial charge in [-0.15, -0.1) is 11.3 Å². The summed E-state index contributed by atoms with van der Waals surface area (Å²) in [5, 5.41) is 0. The van der Waals surface area contributed by atoms with Crippen molar-refractivity contribution < 1.29 is 4.79 Å². The van der Waals surface area contributed by atoms with Crippen molar-refractivity contribution in [1.82, 2.24) is 19.8 Å². The van der Waals surface area contributed by atoms with Crippen molar-refractivity contribution in [2.45, 2.75) is 57.9 Å². The van der Waals surface area contributed by atoms with Gasteiger partial charge < -0.3 is 9.80 Å². The van der Waals surface area contributed by atoms with Crippen LogP contribution in [0.15, 0.2) is 18.3 Å². The maximum absolute atomic E-state index is 13.0. The van der Waals surface area contributed by atoms with Gasteiger partial charge in [-0.2, -0.15) is 0 Å². The number of hydrogen-bond donors (Lipinski definition) is 0. The van der Waals surface area contributed by atoms with Crippen molar-refractivity contribution in [2.75, 3.05) is 44.2 Å². The van der Waals surface area contributed by atoms with Crippen LogP contribution in [0.3, 0.4) is 0 Å². The summed E-state index contributed by atoms with van der Waals surface area (Å²) < 4.78 is 0. The fourth-order valence-electron chi connectivity index (χ4n) is 4.89. The molecule has 1 saturated carbocycles. The molecule has 2 aromatic rings. The molecule has 7 heteroatoms. The second-order valence-electron chi connectivity index (χ2n) is 9.06. The number of thiophene rings is 1. The molecule has 6 nitrogen and oxygen atoms in total. The zero-order valence-corrected chi connectivity index (χ0v) is 19.4. The molecule has 31 heavy (non-hydrogen) atoms. The molecule has 2 aliphatic heterocycles. The fourth-order valence-corrected chi connectivity index (χ4v) is 5.97. The third-order valence-electron chi connectivity index (χ3n) is 7.06. The number of rotatable bonds is 5. The maximum atomic E-state index is 13.0. The van der Waals surface area contributed by atoms with Crippen molar-refractivity contribution in [3.8, 4) is 0 Å². The van der Waals surface area contributed by atoms with Gasteiger partial charge in [0.2, 0.25) is 5.95 Å². The molecule has 1 aliphatic carbocycles. The molecule has 166 valence electrons. The minimum atomic E-state index is 0.167. The van der Waals surface area contributed by atoms with Gasteiger partial charge in [0.15, 0.2) is 0 Å². The highest BCUT2D eigenvalue weighted by molar-refractivity contribution is 7.14. The first-order valence-corrected chi connectivity index (χ1v) is 12.7. The number of anilines is 1. The number of amides is 1. The number of aryl methyl sites for hydroxylation is 1. The third-order valence-corrected chi connectivity index (χ3v) is 8.19. The first-order chi connectivity index (χ1) is 15.2. The number of aromatic nitrogens is 2. The number of piperazine rings is 1. The standard InChI is InChI=1S/C24H33N5OS/c1-2-4-20-7-8-22(31-20)23(30)28-11-9-18-17-25-24(26-21(18)10-12-28)29-15-13-27(14-16-29)19-5-3-6-19/h7-8,17,19H,2-6,9-16H2,1H3. The second kappa shape index (κ2) is 9.25. The highest BCUT2D eigenvalue weighted by atomic mass is 32.1. The van der Waals surface area contributed by atoms with Crippen LogP contribution in [0.4, 0.5) is 5.95 Å². The molecule has 1 saturated heterocycles. The van der Waals surface area contributed by atoms with E-state index in [9.17, 15) is 4.79 Å². The summed E-state index contributed by atoms with van der Waals surface area (Å²) in [5.74, 6) is 1.04. The minimum absolute atomic E-state index is 0.167. The predicted octanol–water partition coefficient (Wildman–Crippen LogP) is 3.41. The van der Waals surface area contributed by atoms with Gasteiger partial charge in [0, 0.05) is 62.8 Å². The highest BCUT2D eigenvalue weighted by Crippen LogP contribution is 2.27. The van der Waals surface area contributed by atoms with E-state index in [1.165, 1.54) is 29.7 Å². The van der Waals surface area contributed by atoms with Crippen LogP contribution in [0.5, 0.6) is 0 Å². The molecular formula is C24H33N5OS. The van der Waals surface area contributed by atoms with E-state index in [2.05, 4.69) is 22.8 Å². The van der Waals surface area contributed by atoms with Gasteiger partial charge in [0.25, 0.3) is 5.91 Å². The third kappa shape index (κ3) is 4.48. The van der Waals surface area contributed by atoms with E-state index in [0.29, 0.717) is 0 Å². The summed E-state index contributed by atoms with van der Waals surface area (Å²) in [6.07, 6.45) is 9.96. The van der Waals surface area contributed by atoms with Gasteiger partial charge >= 0.3 is 0 Å². The van der Waals surface area contributed by atoms with Gasteiger partial charge in [0.05, 0.1) is 10.6 Å². The first-order valence-electron chi connectivity index (χ1n) is 11.9. The zero-order valence-electron chi connectivity index (χ0n) is 18.6. The van der Waals surface area contributed by atoms with Crippen LogP contribution >= 0.6 is 11.3 Å². The van der Waals surface area contributed by atoms with Crippen LogP contribution < -0.4 is 4.90 Å². The summed E-state index contributed by atoms with van der Waals surface area (Å²) in [6.45, 7) is 7.92. The molecule has 0 N–H and O–H groups in total. The van der Waals surface area contributed by atoms with Crippen molar-refractivity contribution in [3.63, 3.8) is 0 Å².